The quantitative estimate of drug-likeness (QED) is 0.798. The van der Waals surface area contributed by atoms with Gasteiger partial charge in [-0.15, -0.1) is 0 Å². The number of nitrogens with two attached hydrogens (primary N) is 1. The van der Waals surface area contributed by atoms with E-state index in [9.17, 15) is 9.59 Å². The van der Waals surface area contributed by atoms with Crippen molar-refractivity contribution in [1.29, 1.82) is 5.26 Å². The number of piperidine rings is 1. The Labute approximate surface area is 112 Å². The van der Waals surface area contributed by atoms with Gasteiger partial charge in [0.2, 0.25) is 5.91 Å². The highest BCUT2D eigenvalue weighted by Gasteiger charge is 2.28. The zero-order valence-corrected chi connectivity index (χ0v) is 10.8. The summed E-state index contributed by atoms with van der Waals surface area (Å²) in [6, 6.07) is 2.11. The maximum absolute atomic E-state index is 12.3. The third kappa shape index (κ3) is 2.84. The van der Waals surface area contributed by atoms with Crippen molar-refractivity contribution in [1.82, 2.24) is 4.90 Å². The van der Waals surface area contributed by atoms with E-state index in [2.05, 4.69) is 6.07 Å². The maximum atomic E-state index is 12.3. The predicted octanol–water partition coefficient (Wildman–Crippen LogP) is 0.880. The molecule has 0 atom stereocenters. The Balaban J connectivity index is 2.06. The molecule has 0 aromatic rings. The van der Waals surface area contributed by atoms with E-state index < -0.39 is 0 Å². The van der Waals surface area contributed by atoms with Crippen LogP contribution >= 0.6 is 0 Å². The fourth-order valence-corrected chi connectivity index (χ4v) is 2.52. The number of amides is 2. The molecule has 0 aromatic heterocycles. The number of hydrogen-bond acceptors (Lipinski definition) is 3. The van der Waals surface area contributed by atoms with E-state index in [0.717, 1.165) is 6.42 Å². The highest BCUT2D eigenvalue weighted by Crippen LogP contribution is 2.23. The Kier molecular flexibility index (Phi) is 4.00. The molecule has 19 heavy (non-hydrogen) atoms. The summed E-state index contributed by atoms with van der Waals surface area (Å²) in [5, 5.41) is 9.05. The third-order valence-corrected chi connectivity index (χ3v) is 3.72. The number of rotatable bonds is 2. The van der Waals surface area contributed by atoms with E-state index in [4.69, 9.17) is 11.0 Å². The van der Waals surface area contributed by atoms with Gasteiger partial charge in [-0.25, -0.2) is 0 Å². The van der Waals surface area contributed by atoms with E-state index in [1.54, 1.807) is 11.0 Å². The van der Waals surface area contributed by atoms with Gasteiger partial charge in [0, 0.05) is 24.6 Å². The molecule has 2 amide bonds. The van der Waals surface area contributed by atoms with E-state index >= 15 is 0 Å². The van der Waals surface area contributed by atoms with Gasteiger partial charge in [0.25, 0.3) is 5.91 Å². The van der Waals surface area contributed by atoms with Crippen molar-refractivity contribution in [2.75, 3.05) is 13.1 Å². The van der Waals surface area contributed by atoms with E-state index in [-0.39, 0.29) is 17.7 Å². The second-order valence-corrected chi connectivity index (χ2v) is 4.91. The minimum atomic E-state index is -0.290. The second kappa shape index (κ2) is 5.70. The highest BCUT2D eigenvalue weighted by molar-refractivity contribution is 5.98. The van der Waals surface area contributed by atoms with Gasteiger partial charge in [-0.1, -0.05) is 12.2 Å². The van der Waals surface area contributed by atoms with Crippen LogP contribution in [0.25, 0.3) is 0 Å². The van der Waals surface area contributed by atoms with Crippen molar-refractivity contribution in [3.63, 3.8) is 0 Å². The van der Waals surface area contributed by atoms with Crippen LogP contribution in [0.2, 0.25) is 0 Å². The van der Waals surface area contributed by atoms with Crippen LogP contribution in [0.1, 0.15) is 25.7 Å². The molecular weight excluding hydrogens is 242 g/mol. The van der Waals surface area contributed by atoms with Crippen LogP contribution in [0, 0.1) is 17.2 Å². The Morgan fingerprint density at radius 1 is 1.37 bits per heavy atom. The fraction of sp³-hybridized carbons (Fsp3) is 0.500. The first-order chi connectivity index (χ1) is 9.13. The fourth-order valence-electron chi connectivity index (χ4n) is 2.52. The van der Waals surface area contributed by atoms with Gasteiger partial charge in [0.15, 0.2) is 0 Å². The van der Waals surface area contributed by atoms with Gasteiger partial charge < -0.3 is 10.6 Å². The molecule has 5 heteroatoms. The molecule has 0 saturated carbocycles. The molecule has 2 N–H and O–H groups in total. The van der Waals surface area contributed by atoms with Gasteiger partial charge in [-0.3, -0.25) is 9.59 Å². The Bertz CT molecular complexity index is 491. The minimum absolute atomic E-state index is 0.101. The molecule has 1 fully saturated rings. The summed E-state index contributed by atoms with van der Waals surface area (Å²) in [7, 11) is 0. The van der Waals surface area contributed by atoms with Crippen molar-refractivity contribution in [3.8, 4) is 6.07 Å². The first-order valence-corrected chi connectivity index (χ1v) is 6.52. The predicted molar refractivity (Wildman–Crippen MR) is 69.5 cm³/mol. The molecule has 0 bridgehead atoms. The van der Waals surface area contributed by atoms with Gasteiger partial charge in [0.1, 0.15) is 0 Å². The topological polar surface area (TPSA) is 87.2 Å². The SMILES string of the molecule is N#CC1=C(C(=O)N2CCC(C(N)=O)CC2)C=CCC1. The maximum Gasteiger partial charge on any atom is 0.254 e. The standard InChI is InChI=1S/C14H17N3O2/c15-9-11-3-1-2-4-12(11)14(19)17-7-5-10(6-8-17)13(16)18/h2,4,10H,1,3,5-8H2,(H2,16,18). The lowest BCUT2D eigenvalue weighted by atomic mass is 9.93. The molecule has 1 aliphatic carbocycles. The molecule has 1 saturated heterocycles. The second-order valence-electron chi connectivity index (χ2n) is 4.91. The number of nitriles is 1. The van der Waals surface area contributed by atoms with Crippen LogP contribution in [0.3, 0.4) is 0 Å². The molecule has 0 spiro atoms. The number of hydrogen-bond donors (Lipinski definition) is 1. The molecule has 2 aliphatic rings. The van der Waals surface area contributed by atoms with Crippen LogP contribution < -0.4 is 5.73 Å². The summed E-state index contributed by atoms with van der Waals surface area (Å²) in [6.07, 6.45) is 6.32. The Hall–Kier alpha value is -2.09. The normalized spacial score (nSPS) is 20.3. The highest BCUT2D eigenvalue weighted by atomic mass is 16.2. The largest absolute Gasteiger partial charge is 0.369 e. The summed E-state index contributed by atoms with van der Waals surface area (Å²) in [5.74, 6) is -0.521. The van der Waals surface area contributed by atoms with Crippen molar-refractivity contribution < 1.29 is 9.59 Å². The molecular formula is C14H17N3O2. The molecule has 2 rings (SSSR count). The number of carbonyl (C=O) groups is 2. The Morgan fingerprint density at radius 3 is 2.63 bits per heavy atom. The summed E-state index contributed by atoms with van der Waals surface area (Å²) < 4.78 is 0. The monoisotopic (exact) mass is 259 g/mol. The van der Waals surface area contributed by atoms with E-state index in [1.807, 2.05) is 6.08 Å². The lowest BCUT2D eigenvalue weighted by Crippen LogP contribution is -2.42. The average Bonchev–Trinajstić information content (AvgIpc) is 2.46. The van der Waals surface area contributed by atoms with Crippen molar-refractivity contribution in [3.05, 3.63) is 23.3 Å². The van der Waals surface area contributed by atoms with E-state index in [0.29, 0.717) is 43.5 Å². The van der Waals surface area contributed by atoms with Crippen LogP contribution in [-0.2, 0) is 9.59 Å². The number of primary amides is 1. The van der Waals surface area contributed by atoms with Gasteiger partial charge in [-0.2, -0.15) is 5.26 Å². The lowest BCUT2D eigenvalue weighted by Gasteiger charge is -2.31. The van der Waals surface area contributed by atoms with E-state index in [1.165, 1.54) is 0 Å². The molecule has 0 aromatic carbocycles. The molecule has 100 valence electrons. The van der Waals surface area contributed by atoms with Crippen LogP contribution in [0.15, 0.2) is 23.3 Å². The van der Waals surface area contributed by atoms with Crippen molar-refractivity contribution in [2.45, 2.75) is 25.7 Å². The number of likely N-dealkylation sites (tertiary alicyclic amines) is 1. The van der Waals surface area contributed by atoms with Crippen molar-refractivity contribution in [2.24, 2.45) is 11.7 Å². The van der Waals surface area contributed by atoms with Gasteiger partial charge in [-0.05, 0) is 25.7 Å². The van der Waals surface area contributed by atoms with Crippen LogP contribution in [-0.4, -0.2) is 29.8 Å². The number of carbonyl (C=O) groups excluding carboxylic acids is 2. The molecule has 1 aliphatic heterocycles. The Morgan fingerprint density at radius 2 is 2.05 bits per heavy atom. The summed E-state index contributed by atoms with van der Waals surface area (Å²) >= 11 is 0. The minimum Gasteiger partial charge on any atom is -0.369 e. The van der Waals surface area contributed by atoms with Crippen LogP contribution in [0.4, 0.5) is 0 Å². The molecule has 0 unspecified atom stereocenters. The lowest BCUT2D eigenvalue weighted by molar-refractivity contribution is -0.131. The zero-order valence-electron chi connectivity index (χ0n) is 10.8. The van der Waals surface area contributed by atoms with Crippen LogP contribution in [0.5, 0.6) is 0 Å². The number of allylic oxidation sites excluding steroid dienone is 2. The summed E-state index contributed by atoms with van der Waals surface area (Å²) in [4.78, 5) is 25.1. The molecule has 5 nitrogen and oxygen atoms in total. The van der Waals surface area contributed by atoms with Crippen molar-refractivity contribution >= 4 is 11.8 Å². The third-order valence-electron chi connectivity index (χ3n) is 3.72. The first kappa shape index (κ1) is 13.3. The summed E-state index contributed by atoms with van der Waals surface area (Å²) in [5.41, 5.74) is 6.33. The average molecular weight is 259 g/mol. The first-order valence-electron chi connectivity index (χ1n) is 6.52. The zero-order chi connectivity index (χ0) is 13.8. The summed E-state index contributed by atoms with van der Waals surface area (Å²) in [6.45, 7) is 1.06. The molecule has 1 heterocycles. The number of nitrogens with zero attached hydrogens (tertiary/aromatic N) is 2. The molecule has 0 radical (unpaired) electrons. The van der Waals surface area contributed by atoms with Gasteiger partial charge >= 0.3 is 0 Å². The smallest absolute Gasteiger partial charge is 0.254 e. The van der Waals surface area contributed by atoms with Gasteiger partial charge in [0.05, 0.1) is 11.6 Å².